The van der Waals surface area contributed by atoms with Crippen molar-refractivity contribution in [2.24, 2.45) is 10.2 Å². The molecule has 0 saturated heterocycles. The number of benzene rings is 2. The van der Waals surface area contributed by atoms with Crippen molar-refractivity contribution >= 4 is 46.2 Å². The molecule has 1 heterocycles. The molecular weight excluding hydrogens is 456 g/mol. The summed E-state index contributed by atoms with van der Waals surface area (Å²) in [7, 11) is 0. The van der Waals surface area contributed by atoms with Crippen LogP contribution in [0.5, 0.6) is 0 Å². The molecule has 1 unspecified atom stereocenters. The van der Waals surface area contributed by atoms with Gasteiger partial charge in [0.05, 0.1) is 21.8 Å². The lowest BCUT2D eigenvalue weighted by Gasteiger charge is -2.38. The number of esters is 1. The number of halogens is 1. The molecule has 34 heavy (non-hydrogen) atoms. The molecule has 9 nitrogen and oxygen atoms in total. The summed E-state index contributed by atoms with van der Waals surface area (Å²) in [6.07, 6.45) is 0.907. The summed E-state index contributed by atoms with van der Waals surface area (Å²) in [6.45, 7) is 7.32. The first kappa shape index (κ1) is 24.7. The Hall–Kier alpha value is -3.95. The van der Waals surface area contributed by atoms with Gasteiger partial charge in [0.2, 0.25) is 5.91 Å². The lowest BCUT2D eigenvalue weighted by Crippen LogP contribution is -2.36. The van der Waals surface area contributed by atoms with Crippen molar-refractivity contribution in [3.8, 4) is 12.1 Å². The number of azo groups is 1. The van der Waals surface area contributed by atoms with Crippen LogP contribution in [0, 0.1) is 22.7 Å². The second-order valence-corrected chi connectivity index (χ2v) is 9.06. The maximum Gasteiger partial charge on any atom is 0.339 e. The van der Waals surface area contributed by atoms with Gasteiger partial charge in [0.1, 0.15) is 23.5 Å². The Morgan fingerprint density at radius 2 is 2.00 bits per heavy atom. The molecule has 2 aromatic carbocycles. The number of hydrogen-bond acceptors (Lipinski definition) is 8. The van der Waals surface area contributed by atoms with Crippen LogP contribution in [0.2, 0.25) is 5.02 Å². The highest BCUT2D eigenvalue weighted by molar-refractivity contribution is 6.33. The van der Waals surface area contributed by atoms with Crippen LogP contribution in [0.3, 0.4) is 0 Å². The van der Waals surface area contributed by atoms with Crippen LogP contribution in [0.15, 0.2) is 34.5 Å². The van der Waals surface area contributed by atoms with E-state index in [9.17, 15) is 14.9 Å². The fourth-order valence-corrected chi connectivity index (χ4v) is 4.23. The molecule has 0 bridgehead atoms. The summed E-state index contributed by atoms with van der Waals surface area (Å²) in [5.41, 5.74) is 2.79. The second kappa shape index (κ2) is 9.90. The summed E-state index contributed by atoms with van der Waals surface area (Å²) >= 11 is 6.29. The van der Waals surface area contributed by atoms with E-state index in [-0.39, 0.29) is 39.2 Å². The predicted molar refractivity (Wildman–Crippen MR) is 128 cm³/mol. The Morgan fingerprint density at radius 1 is 1.26 bits per heavy atom. The van der Waals surface area contributed by atoms with Gasteiger partial charge in [-0.2, -0.15) is 10.5 Å². The fraction of sp³-hybridized carbons (Fsp3) is 0.333. The van der Waals surface area contributed by atoms with Gasteiger partial charge in [-0.05, 0) is 56.0 Å². The smallest absolute Gasteiger partial charge is 0.339 e. The van der Waals surface area contributed by atoms with E-state index in [2.05, 4.69) is 41.6 Å². The Balaban J connectivity index is 2.04. The standard InChI is InChI=1S/C24H23ClN6O3/c1-13-11-24(3,4)29-19-10-20(28-14(2)32)21(9-17(13)19)30-31-22-16(12-27)7-15(8-18(22)25)23(33)34-6-5-26/h7-10,13,29H,6,11H2,1-4H3,(H,28,32). The molecule has 0 radical (unpaired) electrons. The number of ether oxygens (including phenoxy) is 1. The monoisotopic (exact) mass is 478 g/mol. The van der Waals surface area contributed by atoms with E-state index in [0.29, 0.717) is 11.4 Å². The molecule has 0 fully saturated rings. The molecule has 0 aliphatic carbocycles. The van der Waals surface area contributed by atoms with Gasteiger partial charge in [0.25, 0.3) is 0 Å². The first-order valence-corrected chi connectivity index (χ1v) is 10.9. The molecule has 3 rings (SSSR count). The number of amides is 1. The van der Waals surface area contributed by atoms with Gasteiger partial charge in [-0.15, -0.1) is 10.2 Å². The number of fused-ring (bicyclic) bond motifs is 1. The van der Waals surface area contributed by atoms with E-state index < -0.39 is 12.6 Å². The molecule has 1 aliphatic rings. The average Bonchev–Trinajstić information content (AvgIpc) is 2.75. The molecule has 0 spiro atoms. The van der Waals surface area contributed by atoms with Gasteiger partial charge < -0.3 is 15.4 Å². The number of nitrogens with one attached hydrogen (secondary N) is 2. The van der Waals surface area contributed by atoms with E-state index in [1.54, 1.807) is 6.07 Å². The van der Waals surface area contributed by atoms with Crippen LogP contribution in [0.25, 0.3) is 0 Å². The zero-order valence-electron chi connectivity index (χ0n) is 19.2. The first-order valence-electron chi connectivity index (χ1n) is 10.5. The van der Waals surface area contributed by atoms with Crippen LogP contribution >= 0.6 is 11.6 Å². The minimum atomic E-state index is -0.782. The lowest BCUT2D eigenvalue weighted by atomic mass is 9.81. The Morgan fingerprint density at radius 3 is 2.65 bits per heavy atom. The Bertz CT molecular complexity index is 1270. The maximum absolute atomic E-state index is 12.0. The van der Waals surface area contributed by atoms with Gasteiger partial charge in [0, 0.05) is 18.2 Å². The SMILES string of the molecule is CC(=O)Nc1cc2c(cc1N=Nc1c(Cl)cc(C(=O)OCC#N)cc1C#N)C(C)CC(C)(C)N2. The quantitative estimate of drug-likeness (QED) is 0.401. The minimum Gasteiger partial charge on any atom is -0.447 e. The van der Waals surface area contributed by atoms with E-state index >= 15 is 0 Å². The van der Waals surface area contributed by atoms with Gasteiger partial charge in [0.15, 0.2) is 6.61 Å². The number of anilines is 2. The zero-order valence-corrected chi connectivity index (χ0v) is 19.9. The van der Waals surface area contributed by atoms with Crippen molar-refractivity contribution in [3.63, 3.8) is 0 Å². The van der Waals surface area contributed by atoms with Crippen LogP contribution in [0.4, 0.5) is 22.7 Å². The number of nitriles is 2. The van der Waals surface area contributed by atoms with E-state index in [1.165, 1.54) is 19.1 Å². The number of rotatable bonds is 5. The summed E-state index contributed by atoms with van der Waals surface area (Å²) in [6, 6.07) is 9.89. The molecule has 1 amide bonds. The molecule has 1 aliphatic heterocycles. The van der Waals surface area contributed by atoms with Crippen LogP contribution in [-0.2, 0) is 9.53 Å². The van der Waals surface area contributed by atoms with E-state index in [1.807, 2.05) is 18.2 Å². The lowest BCUT2D eigenvalue weighted by molar-refractivity contribution is -0.114. The third-order valence-electron chi connectivity index (χ3n) is 5.24. The topological polar surface area (TPSA) is 140 Å². The number of carbonyl (C=O) groups excluding carboxylic acids is 2. The van der Waals surface area contributed by atoms with Gasteiger partial charge in [-0.25, -0.2) is 4.79 Å². The highest BCUT2D eigenvalue weighted by atomic mass is 35.5. The highest BCUT2D eigenvalue weighted by Gasteiger charge is 2.30. The molecule has 0 aromatic heterocycles. The van der Waals surface area contributed by atoms with Crippen molar-refractivity contribution in [2.75, 3.05) is 17.2 Å². The first-order chi connectivity index (χ1) is 16.0. The third kappa shape index (κ3) is 5.51. The van der Waals surface area contributed by atoms with Gasteiger partial charge in [-0.3, -0.25) is 4.79 Å². The van der Waals surface area contributed by atoms with E-state index in [0.717, 1.165) is 17.7 Å². The van der Waals surface area contributed by atoms with Crippen LogP contribution in [-0.4, -0.2) is 24.0 Å². The van der Waals surface area contributed by atoms with Crippen molar-refractivity contribution in [1.82, 2.24) is 0 Å². The van der Waals surface area contributed by atoms with E-state index in [4.69, 9.17) is 21.6 Å². The Labute approximate surface area is 202 Å². The van der Waals surface area contributed by atoms with Crippen molar-refractivity contribution in [2.45, 2.75) is 45.6 Å². The average molecular weight is 479 g/mol. The molecule has 2 aromatic rings. The molecule has 1 atom stereocenters. The largest absolute Gasteiger partial charge is 0.447 e. The molecule has 10 heteroatoms. The Kier molecular flexibility index (Phi) is 7.19. The van der Waals surface area contributed by atoms with Crippen molar-refractivity contribution in [3.05, 3.63) is 46.0 Å². The zero-order chi connectivity index (χ0) is 25.0. The normalized spacial score (nSPS) is 16.0. The summed E-state index contributed by atoms with van der Waals surface area (Å²) < 4.78 is 4.76. The molecule has 174 valence electrons. The summed E-state index contributed by atoms with van der Waals surface area (Å²) in [5.74, 6) is -0.811. The van der Waals surface area contributed by atoms with Gasteiger partial charge >= 0.3 is 5.97 Å². The van der Waals surface area contributed by atoms with Crippen LogP contribution < -0.4 is 10.6 Å². The minimum absolute atomic E-state index is 0.0102. The molecule has 0 saturated carbocycles. The second-order valence-electron chi connectivity index (χ2n) is 8.65. The summed E-state index contributed by atoms with van der Waals surface area (Å²) in [4.78, 5) is 23.8. The maximum atomic E-state index is 12.0. The van der Waals surface area contributed by atoms with Gasteiger partial charge in [-0.1, -0.05) is 18.5 Å². The number of hydrogen-bond donors (Lipinski definition) is 2. The number of nitrogens with zero attached hydrogens (tertiary/aromatic N) is 4. The third-order valence-corrected chi connectivity index (χ3v) is 5.53. The summed E-state index contributed by atoms with van der Waals surface area (Å²) in [5, 5.41) is 32.9. The van der Waals surface area contributed by atoms with Crippen molar-refractivity contribution in [1.29, 1.82) is 10.5 Å². The molecular formula is C24H23ClN6O3. The highest BCUT2D eigenvalue weighted by Crippen LogP contribution is 2.44. The predicted octanol–water partition coefficient (Wildman–Crippen LogP) is 5.96. The number of carbonyl (C=O) groups is 2. The fourth-order valence-electron chi connectivity index (χ4n) is 3.97. The van der Waals surface area contributed by atoms with Crippen molar-refractivity contribution < 1.29 is 14.3 Å². The molecule has 2 N–H and O–H groups in total. The van der Waals surface area contributed by atoms with Crippen LogP contribution in [0.1, 0.15) is 61.5 Å².